The van der Waals surface area contributed by atoms with E-state index in [1.807, 2.05) is 73.7 Å². The molecule has 4 aromatic carbocycles. The first-order valence-electron chi connectivity index (χ1n) is 11.3. The van der Waals surface area contributed by atoms with Gasteiger partial charge in [0.1, 0.15) is 30.5 Å². The Labute approximate surface area is 210 Å². The fraction of sp³-hybridized carbons (Fsp3) is 0.138. The summed E-state index contributed by atoms with van der Waals surface area (Å²) in [6, 6.07) is 29.7. The van der Waals surface area contributed by atoms with Crippen LogP contribution in [0.1, 0.15) is 28.4 Å². The molecule has 0 radical (unpaired) electrons. The van der Waals surface area contributed by atoms with Crippen LogP contribution in [0.5, 0.6) is 17.2 Å². The highest BCUT2D eigenvalue weighted by atomic mass is 35.5. The van der Waals surface area contributed by atoms with E-state index in [9.17, 15) is 4.79 Å². The van der Waals surface area contributed by atoms with Crippen molar-refractivity contribution < 1.29 is 19.0 Å². The van der Waals surface area contributed by atoms with Gasteiger partial charge in [0.15, 0.2) is 0 Å². The SMILES string of the molecule is CCOc1ccc(C(=O)Nc2ccc(OCc3ccccc3)cc2)cc1COc1cccc(Cl)c1. The molecule has 0 saturated carbocycles. The third kappa shape index (κ3) is 7.01. The van der Waals surface area contributed by atoms with Crippen molar-refractivity contribution in [3.05, 3.63) is 119 Å². The summed E-state index contributed by atoms with van der Waals surface area (Å²) in [7, 11) is 0. The van der Waals surface area contributed by atoms with Crippen LogP contribution in [-0.2, 0) is 13.2 Å². The zero-order chi connectivity index (χ0) is 24.5. The summed E-state index contributed by atoms with van der Waals surface area (Å²) in [5.41, 5.74) is 3.04. The molecule has 4 aromatic rings. The van der Waals surface area contributed by atoms with Crippen LogP contribution in [0.15, 0.2) is 97.1 Å². The molecule has 0 saturated heterocycles. The van der Waals surface area contributed by atoms with Crippen LogP contribution in [0.4, 0.5) is 5.69 Å². The molecule has 6 heteroatoms. The maximum absolute atomic E-state index is 12.9. The minimum Gasteiger partial charge on any atom is -0.493 e. The van der Waals surface area contributed by atoms with Crippen LogP contribution >= 0.6 is 11.6 Å². The first-order chi connectivity index (χ1) is 17.1. The average Bonchev–Trinajstić information content (AvgIpc) is 2.88. The van der Waals surface area contributed by atoms with Gasteiger partial charge in [-0.15, -0.1) is 0 Å². The Kier molecular flexibility index (Phi) is 8.25. The lowest BCUT2D eigenvalue weighted by molar-refractivity contribution is 0.102. The predicted molar refractivity (Wildman–Crippen MR) is 139 cm³/mol. The lowest BCUT2D eigenvalue weighted by Gasteiger charge is -2.14. The Balaban J connectivity index is 1.40. The Bertz CT molecular complexity index is 1260. The van der Waals surface area contributed by atoms with Crippen molar-refractivity contribution in [2.75, 3.05) is 11.9 Å². The second kappa shape index (κ2) is 12.0. The topological polar surface area (TPSA) is 56.8 Å². The zero-order valence-electron chi connectivity index (χ0n) is 19.4. The summed E-state index contributed by atoms with van der Waals surface area (Å²) in [6.07, 6.45) is 0. The van der Waals surface area contributed by atoms with Crippen molar-refractivity contribution >= 4 is 23.2 Å². The molecule has 178 valence electrons. The average molecular weight is 488 g/mol. The molecule has 0 spiro atoms. The highest BCUT2D eigenvalue weighted by molar-refractivity contribution is 6.30. The number of amides is 1. The van der Waals surface area contributed by atoms with Crippen LogP contribution in [-0.4, -0.2) is 12.5 Å². The Morgan fingerprint density at radius 3 is 2.29 bits per heavy atom. The molecule has 0 aliphatic heterocycles. The summed E-state index contributed by atoms with van der Waals surface area (Å²) in [5.74, 6) is 1.82. The predicted octanol–water partition coefficient (Wildman–Crippen LogP) is 7.15. The van der Waals surface area contributed by atoms with Gasteiger partial charge in [-0.2, -0.15) is 0 Å². The quantitative estimate of drug-likeness (QED) is 0.258. The molecule has 0 unspecified atom stereocenters. The molecule has 0 bridgehead atoms. The molecule has 1 N–H and O–H groups in total. The van der Waals surface area contributed by atoms with Gasteiger partial charge in [-0.3, -0.25) is 4.79 Å². The van der Waals surface area contributed by atoms with Crippen LogP contribution in [0, 0.1) is 0 Å². The molecule has 1 amide bonds. The van der Waals surface area contributed by atoms with Gasteiger partial charge in [0.2, 0.25) is 0 Å². The number of nitrogens with one attached hydrogen (secondary N) is 1. The molecule has 0 aliphatic rings. The van der Waals surface area contributed by atoms with Crippen molar-refractivity contribution in [3.8, 4) is 17.2 Å². The summed E-state index contributed by atoms with van der Waals surface area (Å²) in [5, 5.41) is 3.52. The van der Waals surface area contributed by atoms with Gasteiger partial charge in [0.25, 0.3) is 5.91 Å². The minimum atomic E-state index is -0.227. The number of rotatable bonds is 10. The van der Waals surface area contributed by atoms with Gasteiger partial charge in [-0.1, -0.05) is 48.0 Å². The largest absolute Gasteiger partial charge is 0.493 e. The van der Waals surface area contributed by atoms with Crippen LogP contribution in [0.2, 0.25) is 5.02 Å². The number of benzene rings is 4. The summed E-state index contributed by atoms with van der Waals surface area (Å²) in [6.45, 7) is 3.15. The molecule has 5 nitrogen and oxygen atoms in total. The van der Waals surface area contributed by atoms with E-state index in [0.29, 0.717) is 41.0 Å². The number of hydrogen-bond donors (Lipinski definition) is 1. The lowest BCUT2D eigenvalue weighted by Crippen LogP contribution is -2.13. The number of ether oxygens (including phenoxy) is 3. The lowest BCUT2D eigenvalue weighted by atomic mass is 10.1. The second-order valence-corrected chi connectivity index (χ2v) is 8.19. The van der Waals surface area contributed by atoms with E-state index in [1.54, 1.807) is 30.3 Å². The normalized spacial score (nSPS) is 10.5. The number of anilines is 1. The van der Waals surface area contributed by atoms with E-state index in [2.05, 4.69) is 5.32 Å². The Morgan fingerprint density at radius 2 is 1.54 bits per heavy atom. The highest BCUT2D eigenvalue weighted by Crippen LogP contribution is 2.25. The Morgan fingerprint density at radius 1 is 0.771 bits per heavy atom. The molecule has 0 heterocycles. The number of carbonyl (C=O) groups excluding carboxylic acids is 1. The molecule has 0 atom stereocenters. The second-order valence-electron chi connectivity index (χ2n) is 7.75. The van der Waals surface area contributed by atoms with Crippen molar-refractivity contribution in [2.45, 2.75) is 20.1 Å². The van der Waals surface area contributed by atoms with E-state index in [1.165, 1.54) is 0 Å². The van der Waals surface area contributed by atoms with Crippen molar-refractivity contribution in [2.24, 2.45) is 0 Å². The van der Waals surface area contributed by atoms with Crippen molar-refractivity contribution in [1.82, 2.24) is 0 Å². The number of hydrogen-bond acceptors (Lipinski definition) is 4. The summed E-state index contributed by atoms with van der Waals surface area (Å²) < 4.78 is 17.4. The van der Waals surface area contributed by atoms with E-state index in [0.717, 1.165) is 16.9 Å². The summed E-state index contributed by atoms with van der Waals surface area (Å²) in [4.78, 5) is 12.9. The van der Waals surface area contributed by atoms with Crippen LogP contribution in [0.25, 0.3) is 0 Å². The van der Waals surface area contributed by atoms with Gasteiger partial charge in [-0.25, -0.2) is 0 Å². The van der Waals surface area contributed by atoms with E-state index < -0.39 is 0 Å². The first-order valence-corrected chi connectivity index (χ1v) is 11.7. The first kappa shape index (κ1) is 24.2. The van der Waals surface area contributed by atoms with Crippen molar-refractivity contribution in [3.63, 3.8) is 0 Å². The van der Waals surface area contributed by atoms with E-state index in [4.69, 9.17) is 25.8 Å². The molecule has 0 aliphatic carbocycles. The number of halogens is 1. The van der Waals surface area contributed by atoms with Crippen LogP contribution < -0.4 is 19.5 Å². The van der Waals surface area contributed by atoms with Gasteiger partial charge in [0, 0.05) is 21.8 Å². The minimum absolute atomic E-state index is 0.227. The maximum atomic E-state index is 12.9. The highest BCUT2D eigenvalue weighted by Gasteiger charge is 2.12. The molecule has 35 heavy (non-hydrogen) atoms. The fourth-order valence-electron chi connectivity index (χ4n) is 3.43. The molecule has 4 rings (SSSR count). The molecule has 0 aromatic heterocycles. The van der Waals surface area contributed by atoms with Gasteiger partial charge in [0.05, 0.1) is 6.61 Å². The summed E-state index contributed by atoms with van der Waals surface area (Å²) >= 11 is 6.04. The van der Waals surface area contributed by atoms with Gasteiger partial charge < -0.3 is 19.5 Å². The molecule has 0 fully saturated rings. The zero-order valence-corrected chi connectivity index (χ0v) is 20.1. The molecular weight excluding hydrogens is 462 g/mol. The Hall–Kier alpha value is -3.96. The third-order valence-corrected chi connectivity index (χ3v) is 5.41. The molecular formula is C29H26ClNO4. The van der Waals surface area contributed by atoms with Crippen LogP contribution in [0.3, 0.4) is 0 Å². The van der Waals surface area contributed by atoms with E-state index in [-0.39, 0.29) is 12.5 Å². The standard InChI is InChI=1S/C29H26ClNO4/c1-2-33-28-16-11-22(17-23(28)20-35-27-10-6-9-24(30)18-27)29(32)31-25-12-14-26(15-13-25)34-19-21-7-4-3-5-8-21/h3-18H,2,19-20H2,1H3,(H,31,32). The van der Waals surface area contributed by atoms with Gasteiger partial charge >= 0.3 is 0 Å². The van der Waals surface area contributed by atoms with Gasteiger partial charge in [-0.05, 0) is 73.2 Å². The number of carbonyl (C=O) groups is 1. The van der Waals surface area contributed by atoms with Crippen molar-refractivity contribution in [1.29, 1.82) is 0 Å². The monoisotopic (exact) mass is 487 g/mol. The smallest absolute Gasteiger partial charge is 0.255 e. The third-order valence-electron chi connectivity index (χ3n) is 5.17. The maximum Gasteiger partial charge on any atom is 0.255 e. The fourth-order valence-corrected chi connectivity index (χ4v) is 3.61. The van der Waals surface area contributed by atoms with E-state index >= 15 is 0 Å².